The van der Waals surface area contributed by atoms with Crippen molar-refractivity contribution in [2.45, 2.75) is 26.7 Å². The summed E-state index contributed by atoms with van der Waals surface area (Å²) in [7, 11) is 0. The molecule has 3 heteroatoms. The van der Waals surface area contributed by atoms with E-state index >= 15 is 0 Å². The summed E-state index contributed by atoms with van der Waals surface area (Å²) in [5.41, 5.74) is 3.05. The number of hydrogen-bond acceptors (Lipinski definition) is 2. The lowest BCUT2D eigenvalue weighted by Gasteiger charge is -2.23. The maximum absolute atomic E-state index is 12.1. The van der Waals surface area contributed by atoms with E-state index in [0.717, 1.165) is 30.8 Å². The zero-order valence-corrected chi connectivity index (χ0v) is 11.3. The van der Waals surface area contributed by atoms with Gasteiger partial charge in [-0.05, 0) is 62.9 Å². The van der Waals surface area contributed by atoms with Gasteiger partial charge in [-0.1, -0.05) is 12.1 Å². The van der Waals surface area contributed by atoms with Gasteiger partial charge in [0.25, 0.3) is 5.91 Å². The summed E-state index contributed by atoms with van der Waals surface area (Å²) in [6.45, 7) is 6.96. The Morgan fingerprint density at radius 1 is 1.44 bits per heavy atom. The van der Waals surface area contributed by atoms with Crippen molar-refractivity contribution in [3.63, 3.8) is 0 Å². The first-order valence-electron chi connectivity index (χ1n) is 6.73. The van der Waals surface area contributed by atoms with E-state index in [4.69, 9.17) is 0 Å². The molecule has 1 aliphatic heterocycles. The minimum atomic E-state index is 0.0572. The highest BCUT2D eigenvalue weighted by Gasteiger charge is 2.15. The van der Waals surface area contributed by atoms with Crippen molar-refractivity contribution in [2.24, 2.45) is 5.92 Å². The fraction of sp³-hybridized carbons (Fsp3) is 0.533. The fourth-order valence-electron chi connectivity index (χ4n) is 2.43. The molecular formula is C15H22N2O. The molecular weight excluding hydrogens is 224 g/mol. The number of hydrogen-bond donors (Lipinski definition) is 2. The first-order chi connectivity index (χ1) is 8.68. The minimum absolute atomic E-state index is 0.0572. The Balaban J connectivity index is 1.93. The molecule has 1 amide bonds. The second kappa shape index (κ2) is 6.01. The third kappa shape index (κ3) is 3.10. The maximum Gasteiger partial charge on any atom is 0.251 e. The van der Waals surface area contributed by atoms with E-state index < -0.39 is 0 Å². The molecule has 0 spiro atoms. The number of carbonyl (C=O) groups is 1. The quantitative estimate of drug-likeness (QED) is 0.857. The molecule has 0 bridgehead atoms. The summed E-state index contributed by atoms with van der Waals surface area (Å²) >= 11 is 0. The van der Waals surface area contributed by atoms with E-state index in [0.29, 0.717) is 5.92 Å². The van der Waals surface area contributed by atoms with Gasteiger partial charge in [0, 0.05) is 12.1 Å². The first kappa shape index (κ1) is 13.1. The van der Waals surface area contributed by atoms with Crippen LogP contribution in [-0.2, 0) is 0 Å². The molecule has 2 rings (SSSR count). The van der Waals surface area contributed by atoms with Gasteiger partial charge in [-0.25, -0.2) is 0 Å². The number of rotatable bonds is 3. The molecule has 1 aromatic carbocycles. The summed E-state index contributed by atoms with van der Waals surface area (Å²) in [6.07, 6.45) is 2.42. The molecule has 0 aliphatic carbocycles. The van der Waals surface area contributed by atoms with Crippen molar-refractivity contribution in [1.29, 1.82) is 0 Å². The average Bonchev–Trinajstić information content (AvgIpc) is 2.40. The van der Waals surface area contributed by atoms with E-state index in [2.05, 4.69) is 10.6 Å². The van der Waals surface area contributed by atoms with Crippen LogP contribution < -0.4 is 10.6 Å². The topological polar surface area (TPSA) is 41.1 Å². The highest BCUT2D eigenvalue weighted by molar-refractivity contribution is 5.95. The Kier molecular flexibility index (Phi) is 4.37. The highest BCUT2D eigenvalue weighted by atomic mass is 16.1. The molecule has 1 saturated heterocycles. The summed E-state index contributed by atoms with van der Waals surface area (Å²) < 4.78 is 0. The van der Waals surface area contributed by atoms with Gasteiger partial charge in [0.1, 0.15) is 0 Å². The molecule has 1 heterocycles. The summed E-state index contributed by atoms with van der Waals surface area (Å²) in [5, 5.41) is 6.43. The molecule has 0 aromatic heterocycles. The highest BCUT2D eigenvalue weighted by Crippen LogP contribution is 2.13. The lowest BCUT2D eigenvalue weighted by molar-refractivity contribution is 0.0944. The molecule has 2 N–H and O–H groups in total. The van der Waals surface area contributed by atoms with Crippen LogP contribution in [0.5, 0.6) is 0 Å². The van der Waals surface area contributed by atoms with Crippen molar-refractivity contribution in [3.05, 3.63) is 34.9 Å². The van der Waals surface area contributed by atoms with Crippen molar-refractivity contribution >= 4 is 5.91 Å². The van der Waals surface area contributed by atoms with Gasteiger partial charge in [-0.15, -0.1) is 0 Å². The summed E-state index contributed by atoms with van der Waals surface area (Å²) in [6, 6.07) is 5.88. The van der Waals surface area contributed by atoms with Gasteiger partial charge >= 0.3 is 0 Å². The SMILES string of the molecule is Cc1cccc(C(=O)NCC2CCCNC2)c1C. The molecule has 1 aliphatic rings. The van der Waals surface area contributed by atoms with Crippen LogP contribution in [-0.4, -0.2) is 25.5 Å². The zero-order chi connectivity index (χ0) is 13.0. The lowest BCUT2D eigenvalue weighted by Crippen LogP contribution is -2.38. The number of amides is 1. The molecule has 1 unspecified atom stereocenters. The van der Waals surface area contributed by atoms with Crippen molar-refractivity contribution < 1.29 is 4.79 Å². The van der Waals surface area contributed by atoms with E-state index in [1.54, 1.807) is 0 Å². The van der Waals surface area contributed by atoms with Gasteiger partial charge in [0.05, 0.1) is 0 Å². The molecule has 1 fully saturated rings. The Labute approximate surface area is 109 Å². The Hall–Kier alpha value is -1.35. The van der Waals surface area contributed by atoms with Gasteiger partial charge in [-0.3, -0.25) is 4.79 Å². The van der Waals surface area contributed by atoms with E-state index in [9.17, 15) is 4.79 Å². The average molecular weight is 246 g/mol. The van der Waals surface area contributed by atoms with Crippen LogP contribution in [0.15, 0.2) is 18.2 Å². The van der Waals surface area contributed by atoms with Crippen molar-refractivity contribution in [3.8, 4) is 0 Å². The van der Waals surface area contributed by atoms with Crippen LogP contribution in [0, 0.1) is 19.8 Å². The molecule has 1 atom stereocenters. The van der Waals surface area contributed by atoms with Crippen molar-refractivity contribution in [2.75, 3.05) is 19.6 Å². The molecule has 18 heavy (non-hydrogen) atoms. The molecule has 3 nitrogen and oxygen atoms in total. The van der Waals surface area contributed by atoms with Gasteiger partial charge in [-0.2, -0.15) is 0 Å². The molecule has 0 radical (unpaired) electrons. The predicted octanol–water partition coefficient (Wildman–Crippen LogP) is 2.03. The van der Waals surface area contributed by atoms with Crippen LogP contribution in [0.3, 0.4) is 0 Å². The number of carbonyl (C=O) groups excluding carboxylic acids is 1. The molecule has 1 aromatic rings. The fourth-order valence-corrected chi connectivity index (χ4v) is 2.43. The number of aryl methyl sites for hydroxylation is 1. The Morgan fingerprint density at radius 2 is 2.28 bits per heavy atom. The van der Waals surface area contributed by atoms with Crippen LogP contribution >= 0.6 is 0 Å². The van der Waals surface area contributed by atoms with Crippen molar-refractivity contribution in [1.82, 2.24) is 10.6 Å². The van der Waals surface area contributed by atoms with Gasteiger partial charge in [0.15, 0.2) is 0 Å². The predicted molar refractivity (Wildman–Crippen MR) is 73.8 cm³/mol. The minimum Gasteiger partial charge on any atom is -0.352 e. The number of piperidine rings is 1. The largest absolute Gasteiger partial charge is 0.352 e. The lowest BCUT2D eigenvalue weighted by atomic mass is 9.99. The monoisotopic (exact) mass is 246 g/mol. The standard InChI is InChI=1S/C15H22N2O/c1-11-5-3-7-14(12(11)2)15(18)17-10-13-6-4-8-16-9-13/h3,5,7,13,16H,4,6,8-10H2,1-2H3,(H,17,18). The Bertz CT molecular complexity index is 423. The van der Waals surface area contributed by atoms with Gasteiger partial charge < -0.3 is 10.6 Å². The third-order valence-corrected chi connectivity index (χ3v) is 3.80. The van der Waals surface area contributed by atoms with Crippen LogP contribution in [0.4, 0.5) is 0 Å². The maximum atomic E-state index is 12.1. The zero-order valence-electron chi connectivity index (χ0n) is 11.3. The second-order valence-corrected chi connectivity index (χ2v) is 5.17. The molecule has 0 saturated carbocycles. The summed E-state index contributed by atoms with van der Waals surface area (Å²) in [4.78, 5) is 12.1. The summed E-state index contributed by atoms with van der Waals surface area (Å²) in [5.74, 6) is 0.634. The number of benzene rings is 1. The van der Waals surface area contributed by atoms with E-state index in [1.165, 1.54) is 18.4 Å². The normalized spacial score (nSPS) is 19.6. The second-order valence-electron chi connectivity index (χ2n) is 5.17. The first-order valence-corrected chi connectivity index (χ1v) is 6.73. The Morgan fingerprint density at radius 3 is 3.00 bits per heavy atom. The van der Waals surface area contributed by atoms with E-state index in [-0.39, 0.29) is 5.91 Å². The van der Waals surface area contributed by atoms with Crippen LogP contribution in [0.1, 0.15) is 34.3 Å². The third-order valence-electron chi connectivity index (χ3n) is 3.80. The molecule has 98 valence electrons. The van der Waals surface area contributed by atoms with Crippen LogP contribution in [0.2, 0.25) is 0 Å². The van der Waals surface area contributed by atoms with Gasteiger partial charge in [0.2, 0.25) is 0 Å². The smallest absolute Gasteiger partial charge is 0.251 e. The van der Waals surface area contributed by atoms with Crippen LogP contribution in [0.25, 0.3) is 0 Å². The van der Waals surface area contributed by atoms with E-state index in [1.807, 2.05) is 32.0 Å². The number of nitrogens with one attached hydrogen (secondary N) is 2.